The quantitative estimate of drug-likeness (QED) is 0.704. The van der Waals surface area contributed by atoms with E-state index in [1.807, 2.05) is 30.0 Å². The van der Waals surface area contributed by atoms with E-state index in [1.165, 1.54) is 18.2 Å². The first kappa shape index (κ1) is 18.2. The molecular weight excluding hydrogens is 352 g/mol. The lowest BCUT2D eigenvalue weighted by Crippen LogP contribution is -2.44. The highest BCUT2D eigenvalue weighted by molar-refractivity contribution is 7.89. The van der Waals surface area contributed by atoms with Crippen molar-refractivity contribution in [3.63, 3.8) is 0 Å². The number of amides is 1. The largest absolute Gasteiger partial charge is 0.398 e. The van der Waals surface area contributed by atoms with E-state index in [2.05, 4.69) is 5.32 Å². The van der Waals surface area contributed by atoms with Crippen molar-refractivity contribution >= 4 is 33.0 Å². The summed E-state index contributed by atoms with van der Waals surface area (Å²) in [5.41, 5.74) is 9.22. The number of nitrogens with two attached hydrogens (primary N) is 2. The molecule has 1 unspecified atom stereocenters. The average Bonchev–Trinajstić information content (AvgIpc) is 2.60. The number of primary sulfonamides is 1. The normalized spacial score (nSPS) is 15.2. The van der Waals surface area contributed by atoms with Crippen LogP contribution in [0.25, 0.3) is 0 Å². The first-order chi connectivity index (χ1) is 12.3. The molecule has 1 aliphatic rings. The van der Waals surface area contributed by atoms with Crippen LogP contribution in [0.1, 0.15) is 18.9 Å². The van der Waals surface area contributed by atoms with Crippen molar-refractivity contribution in [1.29, 1.82) is 0 Å². The van der Waals surface area contributed by atoms with E-state index in [9.17, 15) is 13.2 Å². The number of rotatable bonds is 4. The lowest BCUT2D eigenvalue weighted by atomic mass is 9.98. The molecule has 2 aromatic rings. The van der Waals surface area contributed by atoms with Crippen LogP contribution in [0.2, 0.25) is 0 Å². The van der Waals surface area contributed by atoms with Gasteiger partial charge < -0.3 is 16.0 Å². The van der Waals surface area contributed by atoms with Crippen LogP contribution >= 0.6 is 0 Å². The van der Waals surface area contributed by atoms with Gasteiger partial charge in [-0.2, -0.15) is 0 Å². The Balaban J connectivity index is 1.81. The van der Waals surface area contributed by atoms with Crippen molar-refractivity contribution in [2.75, 3.05) is 22.5 Å². The van der Waals surface area contributed by atoms with Crippen molar-refractivity contribution in [2.24, 2.45) is 5.14 Å². The van der Waals surface area contributed by atoms with Gasteiger partial charge in [0.25, 0.3) is 0 Å². The Morgan fingerprint density at radius 1 is 1.23 bits per heavy atom. The maximum Gasteiger partial charge on any atom is 0.246 e. The molecule has 0 aliphatic carbocycles. The number of carbonyl (C=O) groups is 1. The summed E-state index contributed by atoms with van der Waals surface area (Å²) in [6, 6.07) is 11.2. The second-order valence-electron chi connectivity index (χ2n) is 6.38. The molecule has 2 aromatic carbocycles. The second kappa shape index (κ2) is 6.97. The number of hydrogen-bond acceptors (Lipinski definition) is 5. The Morgan fingerprint density at radius 2 is 1.96 bits per heavy atom. The summed E-state index contributed by atoms with van der Waals surface area (Å²) >= 11 is 0. The number of hydrogen-bond donors (Lipinski definition) is 3. The average molecular weight is 374 g/mol. The first-order valence-corrected chi connectivity index (χ1v) is 9.90. The van der Waals surface area contributed by atoms with Crippen LogP contribution < -0.4 is 21.1 Å². The monoisotopic (exact) mass is 374 g/mol. The summed E-state index contributed by atoms with van der Waals surface area (Å²) in [5.74, 6) is -0.230. The van der Waals surface area contributed by atoms with E-state index < -0.39 is 16.1 Å². The van der Waals surface area contributed by atoms with Gasteiger partial charge in [0.15, 0.2) is 0 Å². The zero-order chi connectivity index (χ0) is 18.9. The maximum atomic E-state index is 12.7. The van der Waals surface area contributed by atoms with Crippen molar-refractivity contribution in [2.45, 2.75) is 30.7 Å². The highest BCUT2D eigenvalue weighted by atomic mass is 32.2. The standard InChI is InChI=1S/C18H22N4O3S/c1-12(22-10-4-7-15-16(19)8-3-9-17(15)22)18(23)21-13-5-2-6-14(11-13)26(20,24)25/h2-3,5-6,8-9,11-12H,4,7,10,19H2,1H3,(H,21,23)(H2,20,24,25). The van der Waals surface area contributed by atoms with Crippen molar-refractivity contribution in [3.05, 3.63) is 48.0 Å². The van der Waals surface area contributed by atoms with E-state index in [-0.39, 0.29) is 10.8 Å². The van der Waals surface area contributed by atoms with Gasteiger partial charge in [0.05, 0.1) is 4.90 Å². The fourth-order valence-electron chi connectivity index (χ4n) is 3.22. The van der Waals surface area contributed by atoms with E-state index in [4.69, 9.17) is 10.9 Å². The zero-order valence-corrected chi connectivity index (χ0v) is 15.3. The number of nitrogens with one attached hydrogen (secondary N) is 1. The van der Waals surface area contributed by atoms with Crippen LogP contribution in [0.3, 0.4) is 0 Å². The molecule has 0 fully saturated rings. The van der Waals surface area contributed by atoms with Crippen LogP contribution in [0.4, 0.5) is 17.1 Å². The van der Waals surface area contributed by atoms with E-state index in [0.717, 1.165) is 36.3 Å². The van der Waals surface area contributed by atoms with Gasteiger partial charge in [0, 0.05) is 23.6 Å². The Labute approximate surface area is 153 Å². The summed E-state index contributed by atoms with van der Waals surface area (Å²) in [4.78, 5) is 14.7. The zero-order valence-electron chi connectivity index (χ0n) is 14.5. The number of fused-ring (bicyclic) bond motifs is 1. The molecular formula is C18H22N4O3S. The summed E-state index contributed by atoms with van der Waals surface area (Å²) in [6.07, 6.45) is 1.81. The molecule has 1 heterocycles. The third-order valence-corrected chi connectivity index (χ3v) is 5.51. The molecule has 1 atom stereocenters. The predicted molar refractivity (Wildman–Crippen MR) is 102 cm³/mol. The molecule has 3 rings (SSSR count). The van der Waals surface area contributed by atoms with Crippen LogP contribution in [0.15, 0.2) is 47.4 Å². The minimum absolute atomic E-state index is 0.0426. The Hall–Kier alpha value is -2.58. The van der Waals surface area contributed by atoms with Gasteiger partial charge in [-0.25, -0.2) is 13.6 Å². The topological polar surface area (TPSA) is 119 Å². The van der Waals surface area contributed by atoms with Gasteiger partial charge >= 0.3 is 0 Å². The molecule has 138 valence electrons. The van der Waals surface area contributed by atoms with Crippen LogP contribution in [0.5, 0.6) is 0 Å². The summed E-state index contributed by atoms with van der Waals surface area (Å²) in [7, 11) is -3.82. The van der Waals surface area contributed by atoms with Crippen molar-refractivity contribution < 1.29 is 13.2 Å². The summed E-state index contributed by atoms with van der Waals surface area (Å²) in [6.45, 7) is 2.57. The number of benzene rings is 2. The number of anilines is 3. The van der Waals surface area contributed by atoms with Gasteiger partial charge in [-0.3, -0.25) is 4.79 Å². The Morgan fingerprint density at radius 3 is 2.69 bits per heavy atom. The predicted octanol–water partition coefficient (Wildman–Crippen LogP) is 1.70. The lowest BCUT2D eigenvalue weighted by Gasteiger charge is -2.36. The number of nitrogen functional groups attached to an aromatic ring is 1. The molecule has 8 heteroatoms. The van der Waals surface area contributed by atoms with Crippen LogP contribution in [-0.4, -0.2) is 26.9 Å². The van der Waals surface area contributed by atoms with Gasteiger partial charge in [0.1, 0.15) is 6.04 Å². The van der Waals surface area contributed by atoms with E-state index >= 15 is 0 Å². The number of sulfonamides is 1. The lowest BCUT2D eigenvalue weighted by molar-refractivity contribution is -0.117. The van der Waals surface area contributed by atoms with E-state index in [1.54, 1.807) is 6.07 Å². The van der Waals surface area contributed by atoms with Crippen LogP contribution in [-0.2, 0) is 21.2 Å². The Kier molecular flexibility index (Phi) is 4.88. The first-order valence-electron chi connectivity index (χ1n) is 8.35. The minimum Gasteiger partial charge on any atom is -0.398 e. The van der Waals surface area contributed by atoms with Crippen LogP contribution in [0, 0.1) is 0 Å². The molecule has 0 radical (unpaired) electrons. The Bertz CT molecular complexity index is 943. The third kappa shape index (κ3) is 3.66. The minimum atomic E-state index is -3.82. The molecule has 7 nitrogen and oxygen atoms in total. The molecule has 0 bridgehead atoms. The molecule has 1 amide bonds. The third-order valence-electron chi connectivity index (χ3n) is 4.60. The van der Waals surface area contributed by atoms with E-state index in [0.29, 0.717) is 5.69 Å². The SMILES string of the molecule is CC(C(=O)Nc1cccc(S(N)(=O)=O)c1)N1CCCc2c(N)cccc21. The summed E-state index contributed by atoms with van der Waals surface area (Å²) in [5, 5.41) is 7.90. The number of nitrogens with zero attached hydrogens (tertiary/aromatic N) is 1. The van der Waals surface area contributed by atoms with Gasteiger partial charge in [-0.05, 0) is 55.7 Å². The highest BCUT2D eigenvalue weighted by Gasteiger charge is 2.27. The van der Waals surface area contributed by atoms with Crippen molar-refractivity contribution in [1.82, 2.24) is 0 Å². The second-order valence-corrected chi connectivity index (χ2v) is 7.94. The molecule has 1 aliphatic heterocycles. The fraction of sp³-hybridized carbons (Fsp3) is 0.278. The highest BCUT2D eigenvalue weighted by Crippen LogP contribution is 2.32. The molecule has 0 aromatic heterocycles. The molecule has 0 saturated carbocycles. The van der Waals surface area contributed by atoms with Gasteiger partial charge in [0.2, 0.25) is 15.9 Å². The molecule has 0 spiro atoms. The van der Waals surface area contributed by atoms with Crippen molar-refractivity contribution in [3.8, 4) is 0 Å². The smallest absolute Gasteiger partial charge is 0.246 e. The van der Waals surface area contributed by atoms with Gasteiger partial charge in [-0.15, -0.1) is 0 Å². The fourth-order valence-corrected chi connectivity index (χ4v) is 3.78. The molecule has 0 saturated heterocycles. The number of carbonyl (C=O) groups excluding carboxylic acids is 1. The summed E-state index contributed by atoms with van der Waals surface area (Å²) < 4.78 is 22.9. The molecule has 26 heavy (non-hydrogen) atoms. The molecule has 5 N–H and O–H groups in total. The van der Waals surface area contributed by atoms with Gasteiger partial charge in [-0.1, -0.05) is 12.1 Å². The maximum absolute atomic E-state index is 12.7.